The molecule has 0 aromatic carbocycles. The Morgan fingerprint density at radius 1 is 1.00 bits per heavy atom. The first-order valence-corrected chi connectivity index (χ1v) is 1.13. The minimum absolute atomic E-state index is 0. The maximum absolute atomic E-state index is 8.36. The van der Waals surface area contributed by atoms with E-state index >= 15 is 0 Å². The molecule has 0 saturated carbocycles. The molecule has 0 aliphatic heterocycles. The number of nitrogens with zero attached hydrogens (tertiary/aromatic N) is 2. The zero-order valence-corrected chi connectivity index (χ0v) is 5.29. The molecular weight excluding hydrogens is 230 g/mol. The molecule has 9 heavy (non-hydrogen) atoms. The van der Waals surface area contributed by atoms with E-state index in [1.165, 1.54) is 0 Å². The molecule has 0 aliphatic carbocycles. The molecule has 0 saturated heterocycles. The molecule has 0 aromatic heterocycles. The van der Waals surface area contributed by atoms with Crippen LogP contribution < -0.4 is 0 Å². The van der Waals surface area contributed by atoms with Crippen LogP contribution in [0.5, 0.6) is 0 Å². The summed E-state index contributed by atoms with van der Waals surface area (Å²) in [5, 5.41) is 27.3. The van der Waals surface area contributed by atoms with Crippen LogP contribution in [0.15, 0.2) is 0 Å². The molecule has 9 heteroatoms. The van der Waals surface area contributed by atoms with Crippen LogP contribution in [0.4, 0.5) is 0 Å². The van der Waals surface area contributed by atoms with Crippen LogP contribution in [-0.4, -0.2) is 20.6 Å². The summed E-state index contributed by atoms with van der Waals surface area (Å²) in [6.45, 7) is 0. The van der Waals surface area contributed by atoms with Crippen molar-refractivity contribution >= 4 is 0 Å². The van der Waals surface area contributed by atoms with E-state index in [1.54, 1.807) is 0 Å². The molecule has 2 N–H and O–H groups in total. The minimum atomic E-state index is -1.50. The Morgan fingerprint density at radius 3 is 1.00 bits per heavy atom. The molecule has 0 amide bonds. The SMILES string of the molecule is O=[N+]([O-])O.O=[N+]([O-])O.[Pd]. The molecule has 0 aromatic rings. The second kappa shape index (κ2) is 10.1. The van der Waals surface area contributed by atoms with E-state index in [0.717, 1.165) is 0 Å². The van der Waals surface area contributed by atoms with Crippen molar-refractivity contribution in [1.82, 2.24) is 0 Å². The number of rotatable bonds is 0. The third-order valence-electron chi connectivity index (χ3n) is 0. The van der Waals surface area contributed by atoms with Crippen LogP contribution in [0, 0.1) is 20.2 Å². The summed E-state index contributed by atoms with van der Waals surface area (Å²) in [5.74, 6) is 0. The van der Waals surface area contributed by atoms with Crippen molar-refractivity contribution in [1.29, 1.82) is 0 Å². The van der Waals surface area contributed by atoms with Crippen LogP contribution in [0.1, 0.15) is 0 Å². The average molecular weight is 232 g/mol. The van der Waals surface area contributed by atoms with Gasteiger partial charge in [0.1, 0.15) is 0 Å². The summed E-state index contributed by atoms with van der Waals surface area (Å²) in [5.41, 5.74) is 0. The van der Waals surface area contributed by atoms with Crippen LogP contribution in [0.25, 0.3) is 0 Å². The Kier molecular flexibility index (Phi) is 17.7. The molecule has 0 aliphatic rings. The first kappa shape index (κ1) is 15.7. The molecule has 0 spiro atoms. The second-order valence-corrected chi connectivity index (χ2v) is 0.476. The van der Waals surface area contributed by atoms with Crippen LogP contribution >= 0.6 is 0 Å². The second-order valence-electron chi connectivity index (χ2n) is 0.476. The standard InChI is InChI=1S/2HNO3.Pd/c2*2-1(3)4;/h2*(H,2,3,4);. The molecule has 0 heterocycles. The maximum Gasteiger partial charge on any atom is 0.291 e. The van der Waals surface area contributed by atoms with Gasteiger partial charge in [-0.15, -0.1) is 20.2 Å². The molecule has 0 atom stereocenters. The third kappa shape index (κ3) is 206. The quantitative estimate of drug-likeness (QED) is 0.323. The van der Waals surface area contributed by atoms with E-state index in [9.17, 15) is 0 Å². The first-order valence-electron chi connectivity index (χ1n) is 1.13. The summed E-state index contributed by atoms with van der Waals surface area (Å²) in [6, 6.07) is 0. The summed E-state index contributed by atoms with van der Waals surface area (Å²) in [6.07, 6.45) is 0. The van der Waals surface area contributed by atoms with Crippen LogP contribution in [0.2, 0.25) is 0 Å². The molecule has 0 bridgehead atoms. The van der Waals surface area contributed by atoms with E-state index in [-0.39, 0.29) is 20.4 Å². The zero-order chi connectivity index (χ0) is 7.15. The van der Waals surface area contributed by atoms with E-state index < -0.39 is 10.2 Å². The Bertz CT molecular complexity index is 69.1. The zero-order valence-electron chi connectivity index (χ0n) is 3.74. The molecule has 0 unspecified atom stereocenters. The third-order valence-corrected chi connectivity index (χ3v) is 0. The van der Waals surface area contributed by atoms with E-state index in [0.29, 0.717) is 0 Å². The van der Waals surface area contributed by atoms with Gasteiger partial charge < -0.3 is 10.4 Å². The molecule has 8 nitrogen and oxygen atoms in total. The predicted octanol–water partition coefficient (Wildman–Crippen LogP) is -0.698. The van der Waals surface area contributed by atoms with Crippen molar-refractivity contribution in [2.75, 3.05) is 0 Å². The Hall–Kier alpha value is -0.938. The van der Waals surface area contributed by atoms with Crippen molar-refractivity contribution < 1.29 is 41.0 Å². The van der Waals surface area contributed by atoms with Gasteiger partial charge >= 0.3 is 0 Å². The first-order chi connectivity index (χ1) is 3.46. The van der Waals surface area contributed by atoms with Gasteiger partial charge in [0.05, 0.1) is 0 Å². The summed E-state index contributed by atoms with van der Waals surface area (Å²) >= 11 is 0. The van der Waals surface area contributed by atoms with Gasteiger partial charge in [-0.05, 0) is 0 Å². The Labute approximate surface area is 62.0 Å². The fourth-order valence-corrected chi connectivity index (χ4v) is 0. The van der Waals surface area contributed by atoms with Gasteiger partial charge in [0.15, 0.2) is 0 Å². The monoisotopic (exact) mass is 232 g/mol. The van der Waals surface area contributed by atoms with Crippen molar-refractivity contribution in [2.45, 2.75) is 0 Å². The van der Waals surface area contributed by atoms with Crippen molar-refractivity contribution in [2.24, 2.45) is 0 Å². The average Bonchev–Trinajstić information content (AvgIpc) is 1.25. The van der Waals surface area contributed by atoms with Crippen LogP contribution in [0.3, 0.4) is 0 Å². The summed E-state index contributed by atoms with van der Waals surface area (Å²) in [4.78, 5) is 16.7. The van der Waals surface area contributed by atoms with Gasteiger partial charge in [-0.1, -0.05) is 0 Å². The normalized spacial score (nSPS) is 5.33. The van der Waals surface area contributed by atoms with Gasteiger partial charge in [-0.2, -0.15) is 0 Å². The minimum Gasteiger partial charge on any atom is -0.328 e. The van der Waals surface area contributed by atoms with Gasteiger partial charge in [0.25, 0.3) is 10.2 Å². The Morgan fingerprint density at radius 2 is 1.00 bits per heavy atom. The molecule has 0 rings (SSSR count). The number of hydrogen-bond acceptors (Lipinski definition) is 4. The van der Waals surface area contributed by atoms with Gasteiger partial charge in [0.2, 0.25) is 0 Å². The van der Waals surface area contributed by atoms with E-state index in [4.69, 9.17) is 30.6 Å². The van der Waals surface area contributed by atoms with Crippen molar-refractivity contribution in [3.63, 3.8) is 0 Å². The number of hydrogen-bond donors (Lipinski definition) is 2. The van der Waals surface area contributed by atoms with E-state index in [1.807, 2.05) is 0 Å². The van der Waals surface area contributed by atoms with Gasteiger partial charge in [0, 0.05) is 20.4 Å². The van der Waals surface area contributed by atoms with E-state index in [2.05, 4.69) is 0 Å². The van der Waals surface area contributed by atoms with Crippen molar-refractivity contribution in [3.05, 3.63) is 20.2 Å². The largest absolute Gasteiger partial charge is 0.328 e. The van der Waals surface area contributed by atoms with Crippen molar-refractivity contribution in [3.8, 4) is 0 Å². The predicted molar refractivity (Wildman–Crippen MR) is 17.6 cm³/mol. The maximum atomic E-state index is 8.36. The topological polar surface area (TPSA) is 127 Å². The van der Waals surface area contributed by atoms with Crippen LogP contribution in [-0.2, 0) is 20.4 Å². The molecule has 58 valence electrons. The molecule has 0 radical (unpaired) electrons. The molecule has 0 fully saturated rings. The fraction of sp³-hybridized carbons (Fsp3) is 0. The Balaban J connectivity index is -0.0000000720. The van der Waals surface area contributed by atoms with Gasteiger partial charge in [-0.3, -0.25) is 0 Å². The van der Waals surface area contributed by atoms with Gasteiger partial charge in [-0.25, -0.2) is 0 Å². The summed E-state index contributed by atoms with van der Waals surface area (Å²) in [7, 11) is 0. The smallest absolute Gasteiger partial charge is 0.291 e. The molecular formula is H2N2O6Pd. The summed E-state index contributed by atoms with van der Waals surface area (Å²) < 4.78 is 0. The fourth-order valence-electron chi connectivity index (χ4n) is 0.